The minimum atomic E-state index is -0.151. The van der Waals surface area contributed by atoms with E-state index in [1.54, 1.807) is 7.05 Å². The van der Waals surface area contributed by atoms with Crippen LogP contribution in [0, 0.1) is 6.92 Å². The number of nitrogens with one attached hydrogen (secondary N) is 1. The number of hydrogen-bond donors (Lipinski definition) is 1. The monoisotopic (exact) mass is 324 g/mol. The van der Waals surface area contributed by atoms with Crippen molar-refractivity contribution < 1.29 is 9.59 Å². The summed E-state index contributed by atoms with van der Waals surface area (Å²) in [6, 6.07) is 5.92. The van der Waals surface area contributed by atoms with Gasteiger partial charge in [0.25, 0.3) is 5.91 Å². The molecule has 1 aromatic carbocycles. The second-order valence-electron chi connectivity index (χ2n) is 4.99. The maximum atomic E-state index is 12.3. The van der Waals surface area contributed by atoms with Crippen molar-refractivity contribution in [1.82, 2.24) is 10.2 Å². The molecule has 4 nitrogen and oxygen atoms in total. The summed E-state index contributed by atoms with van der Waals surface area (Å²) < 4.78 is 0.748. The van der Waals surface area contributed by atoms with Crippen LogP contribution in [0.1, 0.15) is 28.8 Å². The van der Waals surface area contributed by atoms with Crippen LogP contribution in [0.5, 0.6) is 0 Å². The van der Waals surface area contributed by atoms with E-state index in [1.165, 1.54) is 4.90 Å². The number of benzene rings is 1. The van der Waals surface area contributed by atoms with Gasteiger partial charge in [-0.1, -0.05) is 11.6 Å². The molecule has 0 aromatic heterocycles. The van der Waals surface area contributed by atoms with E-state index in [0.717, 1.165) is 22.9 Å². The van der Waals surface area contributed by atoms with Gasteiger partial charge in [0, 0.05) is 17.6 Å². The molecule has 0 heterocycles. The molecule has 0 aliphatic heterocycles. The molecule has 102 valence electrons. The lowest BCUT2D eigenvalue weighted by Crippen LogP contribution is -2.39. The van der Waals surface area contributed by atoms with Crippen LogP contribution in [0.25, 0.3) is 0 Å². The maximum absolute atomic E-state index is 12.3. The van der Waals surface area contributed by atoms with E-state index >= 15 is 0 Å². The van der Waals surface area contributed by atoms with Gasteiger partial charge >= 0.3 is 0 Å². The van der Waals surface area contributed by atoms with Crippen LogP contribution in [0.15, 0.2) is 22.7 Å². The molecule has 0 spiro atoms. The van der Waals surface area contributed by atoms with Crippen molar-refractivity contribution in [2.75, 3.05) is 13.6 Å². The molecular weight excluding hydrogens is 308 g/mol. The van der Waals surface area contributed by atoms with E-state index in [0.29, 0.717) is 11.6 Å². The Morgan fingerprint density at radius 2 is 2.11 bits per heavy atom. The minimum Gasteiger partial charge on any atom is -0.352 e. The summed E-state index contributed by atoms with van der Waals surface area (Å²) in [5, 5.41) is 2.87. The average Bonchev–Trinajstić information content (AvgIpc) is 3.15. The Balaban J connectivity index is 2.01. The second-order valence-corrected chi connectivity index (χ2v) is 5.84. The van der Waals surface area contributed by atoms with Crippen LogP contribution in [-0.2, 0) is 4.79 Å². The Morgan fingerprint density at radius 1 is 1.42 bits per heavy atom. The number of carbonyl (C=O) groups excluding carboxylic acids is 2. The molecule has 2 amide bonds. The SMILES string of the molecule is Cc1ccc(Br)c(C(=O)N(C)CC(=O)NC2CC2)c1. The molecule has 0 unspecified atom stereocenters. The summed E-state index contributed by atoms with van der Waals surface area (Å²) in [6.07, 6.45) is 2.10. The van der Waals surface area contributed by atoms with Crippen LogP contribution in [0.2, 0.25) is 0 Å². The lowest BCUT2D eigenvalue weighted by atomic mass is 10.1. The normalized spacial score (nSPS) is 14.1. The van der Waals surface area contributed by atoms with E-state index in [4.69, 9.17) is 0 Å². The van der Waals surface area contributed by atoms with Gasteiger partial charge in [-0.2, -0.15) is 0 Å². The fourth-order valence-corrected chi connectivity index (χ4v) is 2.21. The molecule has 0 radical (unpaired) electrons. The van der Waals surface area contributed by atoms with Crippen LogP contribution < -0.4 is 5.32 Å². The molecule has 1 N–H and O–H groups in total. The highest BCUT2D eigenvalue weighted by Crippen LogP contribution is 2.20. The number of aryl methyl sites for hydroxylation is 1. The molecule has 1 aromatic rings. The first-order valence-electron chi connectivity index (χ1n) is 6.28. The Labute approximate surface area is 121 Å². The first-order chi connectivity index (χ1) is 8.97. The average molecular weight is 325 g/mol. The molecule has 1 aliphatic carbocycles. The Kier molecular flexibility index (Phi) is 4.24. The topological polar surface area (TPSA) is 49.4 Å². The molecule has 1 aliphatic rings. The van der Waals surface area contributed by atoms with E-state index < -0.39 is 0 Å². The van der Waals surface area contributed by atoms with Crippen molar-refractivity contribution in [1.29, 1.82) is 0 Å². The smallest absolute Gasteiger partial charge is 0.255 e. The molecule has 19 heavy (non-hydrogen) atoms. The van der Waals surface area contributed by atoms with Crippen molar-refractivity contribution in [3.05, 3.63) is 33.8 Å². The van der Waals surface area contributed by atoms with Crippen LogP contribution in [0.4, 0.5) is 0 Å². The Morgan fingerprint density at radius 3 is 2.74 bits per heavy atom. The highest BCUT2D eigenvalue weighted by Gasteiger charge is 2.24. The van der Waals surface area contributed by atoms with Gasteiger partial charge in [-0.15, -0.1) is 0 Å². The number of hydrogen-bond acceptors (Lipinski definition) is 2. The standard InChI is InChI=1S/C14H17BrN2O2/c1-9-3-6-12(15)11(7-9)14(19)17(2)8-13(18)16-10-4-5-10/h3,6-7,10H,4-5,8H2,1-2H3,(H,16,18). The van der Waals surface area contributed by atoms with Gasteiger partial charge < -0.3 is 10.2 Å². The van der Waals surface area contributed by atoms with Gasteiger partial charge in [0.1, 0.15) is 0 Å². The first kappa shape index (κ1) is 14.1. The minimum absolute atomic E-state index is 0.0930. The second kappa shape index (κ2) is 5.74. The van der Waals surface area contributed by atoms with Gasteiger partial charge in [0.15, 0.2) is 0 Å². The number of rotatable bonds is 4. The third-order valence-corrected chi connectivity index (χ3v) is 3.71. The zero-order chi connectivity index (χ0) is 14.0. The molecule has 5 heteroatoms. The molecule has 1 saturated carbocycles. The molecule has 0 bridgehead atoms. The number of nitrogens with zero attached hydrogens (tertiary/aromatic N) is 1. The third-order valence-electron chi connectivity index (χ3n) is 3.02. The van der Waals surface area contributed by atoms with Crippen LogP contribution in [-0.4, -0.2) is 36.3 Å². The molecule has 2 rings (SSSR count). The zero-order valence-electron chi connectivity index (χ0n) is 11.1. The largest absolute Gasteiger partial charge is 0.352 e. The van der Waals surface area contributed by atoms with E-state index in [-0.39, 0.29) is 18.4 Å². The predicted molar refractivity (Wildman–Crippen MR) is 77.0 cm³/mol. The summed E-state index contributed by atoms with van der Waals surface area (Å²) >= 11 is 3.37. The first-order valence-corrected chi connectivity index (χ1v) is 7.07. The molecule has 0 atom stereocenters. The Hall–Kier alpha value is -1.36. The Bertz CT molecular complexity index is 512. The van der Waals surface area contributed by atoms with Crippen LogP contribution >= 0.6 is 15.9 Å². The number of carbonyl (C=O) groups is 2. The zero-order valence-corrected chi connectivity index (χ0v) is 12.7. The quantitative estimate of drug-likeness (QED) is 0.922. The van der Waals surface area contributed by atoms with E-state index in [1.807, 2.05) is 25.1 Å². The molecule has 1 fully saturated rings. The number of likely N-dealkylation sites (N-methyl/N-ethyl adjacent to an activating group) is 1. The van der Waals surface area contributed by atoms with Gasteiger partial charge in [0.2, 0.25) is 5.91 Å². The summed E-state index contributed by atoms with van der Waals surface area (Å²) in [7, 11) is 1.64. The van der Waals surface area contributed by atoms with E-state index in [9.17, 15) is 9.59 Å². The highest BCUT2D eigenvalue weighted by atomic mass is 79.9. The van der Waals surface area contributed by atoms with E-state index in [2.05, 4.69) is 21.2 Å². The summed E-state index contributed by atoms with van der Waals surface area (Å²) in [5.74, 6) is -0.247. The summed E-state index contributed by atoms with van der Waals surface area (Å²) in [6.45, 7) is 2.03. The molecule has 0 saturated heterocycles. The summed E-state index contributed by atoms with van der Waals surface area (Å²) in [5.41, 5.74) is 1.60. The lowest BCUT2D eigenvalue weighted by Gasteiger charge is -2.17. The maximum Gasteiger partial charge on any atom is 0.255 e. The van der Waals surface area contributed by atoms with Gasteiger partial charge in [0.05, 0.1) is 12.1 Å². The van der Waals surface area contributed by atoms with Crippen molar-refractivity contribution in [3.8, 4) is 0 Å². The van der Waals surface area contributed by atoms with Crippen molar-refractivity contribution in [2.24, 2.45) is 0 Å². The summed E-state index contributed by atoms with van der Waals surface area (Å²) in [4.78, 5) is 25.4. The number of halogens is 1. The fourth-order valence-electron chi connectivity index (χ4n) is 1.80. The van der Waals surface area contributed by atoms with Crippen molar-refractivity contribution in [3.63, 3.8) is 0 Å². The van der Waals surface area contributed by atoms with Gasteiger partial charge in [-0.05, 0) is 47.8 Å². The third kappa shape index (κ3) is 3.80. The predicted octanol–water partition coefficient (Wildman–Crippen LogP) is 2.11. The van der Waals surface area contributed by atoms with Gasteiger partial charge in [-0.3, -0.25) is 9.59 Å². The number of amides is 2. The van der Waals surface area contributed by atoms with Crippen LogP contribution in [0.3, 0.4) is 0 Å². The van der Waals surface area contributed by atoms with Crippen molar-refractivity contribution >= 4 is 27.7 Å². The van der Waals surface area contributed by atoms with Gasteiger partial charge in [-0.25, -0.2) is 0 Å². The lowest BCUT2D eigenvalue weighted by molar-refractivity contribution is -0.121. The molecular formula is C14H17BrN2O2. The highest BCUT2D eigenvalue weighted by molar-refractivity contribution is 9.10. The fraction of sp³-hybridized carbons (Fsp3) is 0.429. The van der Waals surface area contributed by atoms with Crippen molar-refractivity contribution in [2.45, 2.75) is 25.8 Å².